The summed E-state index contributed by atoms with van der Waals surface area (Å²) in [7, 11) is 1.54. The van der Waals surface area contributed by atoms with Crippen molar-refractivity contribution in [2.24, 2.45) is 5.92 Å². The number of amides is 3. The second-order valence-corrected chi connectivity index (χ2v) is 9.76. The van der Waals surface area contributed by atoms with E-state index in [-0.39, 0.29) is 43.1 Å². The highest BCUT2D eigenvalue weighted by atomic mass is 16.5. The highest BCUT2D eigenvalue weighted by molar-refractivity contribution is 5.95. The number of hydrogen-bond acceptors (Lipinski definition) is 9. The standard InChI is InChI=1S/C27H31N9O5/c1-17(2)22-25(38)29-9-12-34-11-8-28-24(34)18-5-6-19(40-3)20(15-18)41-14-13-35(16-21(37)31-22)26(39)23-32-27-30-7-4-10-36(27)33-23/h4-8,10-11,15,17,22H,9,12-14,16H2,1-3H3,(H,29,38)(H,31,37)/t22-/m1/s1. The molecule has 2 bridgehead atoms. The van der Waals surface area contributed by atoms with Crippen LogP contribution in [0.15, 0.2) is 49.1 Å². The number of rotatable bonds is 3. The molecule has 14 heteroatoms. The number of methoxy groups -OCH3 is 1. The minimum atomic E-state index is -0.801. The normalized spacial score (nSPS) is 16.9. The van der Waals surface area contributed by atoms with Crippen LogP contribution in [0.3, 0.4) is 0 Å². The lowest BCUT2D eigenvalue weighted by Gasteiger charge is -2.25. The fraction of sp³-hybridized carbons (Fsp3) is 0.370. The number of carbonyl (C=O) groups is 3. The molecule has 5 rings (SSSR count). The van der Waals surface area contributed by atoms with E-state index in [9.17, 15) is 14.4 Å². The Kier molecular flexibility index (Phi) is 8.08. The third-order valence-corrected chi connectivity index (χ3v) is 6.60. The molecule has 1 aromatic carbocycles. The highest BCUT2D eigenvalue weighted by Gasteiger charge is 2.28. The third-order valence-electron chi connectivity index (χ3n) is 6.60. The fourth-order valence-electron chi connectivity index (χ4n) is 4.50. The molecular weight excluding hydrogens is 530 g/mol. The van der Waals surface area contributed by atoms with Gasteiger partial charge in [0, 0.05) is 43.4 Å². The van der Waals surface area contributed by atoms with Crippen molar-refractivity contribution in [3.8, 4) is 22.9 Å². The van der Waals surface area contributed by atoms with Crippen LogP contribution in [-0.2, 0) is 16.1 Å². The van der Waals surface area contributed by atoms with E-state index in [1.54, 1.807) is 36.8 Å². The zero-order valence-corrected chi connectivity index (χ0v) is 23.0. The van der Waals surface area contributed by atoms with Crippen LogP contribution in [0.25, 0.3) is 17.2 Å². The van der Waals surface area contributed by atoms with Crippen molar-refractivity contribution in [2.45, 2.75) is 26.4 Å². The summed E-state index contributed by atoms with van der Waals surface area (Å²) in [5.74, 6) is 0.163. The molecule has 2 N–H and O–H groups in total. The van der Waals surface area contributed by atoms with E-state index < -0.39 is 17.9 Å². The predicted octanol–water partition coefficient (Wildman–Crippen LogP) is 0.788. The molecule has 0 saturated heterocycles. The summed E-state index contributed by atoms with van der Waals surface area (Å²) >= 11 is 0. The topological polar surface area (TPSA) is 158 Å². The molecule has 1 aliphatic heterocycles. The molecule has 0 aliphatic carbocycles. The molecule has 1 atom stereocenters. The SMILES string of the molecule is COc1ccc2cc1OCCN(C(=O)c1nc3ncccn3n1)CC(=O)N[C@H](C(C)C)C(=O)NCCn1ccnc1-2. The van der Waals surface area contributed by atoms with Gasteiger partial charge < -0.3 is 29.6 Å². The minimum absolute atomic E-state index is 0.0236. The van der Waals surface area contributed by atoms with Gasteiger partial charge >= 0.3 is 0 Å². The Morgan fingerprint density at radius 3 is 2.78 bits per heavy atom. The van der Waals surface area contributed by atoms with Crippen LogP contribution in [0.5, 0.6) is 11.5 Å². The van der Waals surface area contributed by atoms with Crippen LogP contribution < -0.4 is 20.1 Å². The van der Waals surface area contributed by atoms with Crippen molar-refractivity contribution in [1.82, 2.24) is 44.7 Å². The summed E-state index contributed by atoms with van der Waals surface area (Å²) in [6.07, 6.45) is 6.67. The first kappa shape index (κ1) is 27.6. The fourth-order valence-corrected chi connectivity index (χ4v) is 4.50. The predicted molar refractivity (Wildman–Crippen MR) is 146 cm³/mol. The van der Waals surface area contributed by atoms with Gasteiger partial charge in [-0.15, -0.1) is 5.10 Å². The maximum Gasteiger partial charge on any atom is 0.294 e. The Morgan fingerprint density at radius 2 is 2.00 bits per heavy atom. The molecule has 0 spiro atoms. The molecule has 214 valence electrons. The lowest BCUT2D eigenvalue weighted by atomic mass is 10.0. The van der Waals surface area contributed by atoms with Crippen molar-refractivity contribution in [1.29, 1.82) is 0 Å². The molecular formula is C27H31N9O5. The zero-order chi connectivity index (χ0) is 28.9. The number of benzene rings is 1. The van der Waals surface area contributed by atoms with Gasteiger partial charge in [0.05, 0.1) is 13.7 Å². The molecule has 1 aliphatic rings. The van der Waals surface area contributed by atoms with Gasteiger partial charge in [0.2, 0.25) is 17.6 Å². The van der Waals surface area contributed by atoms with E-state index in [4.69, 9.17) is 9.47 Å². The molecule has 3 aromatic heterocycles. The molecule has 3 amide bonds. The van der Waals surface area contributed by atoms with Crippen LogP contribution in [0.2, 0.25) is 0 Å². The van der Waals surface area contributed by atoms with Crippen molar-refractivity contribution in [3.63, 3.8) is 0 Å². The summed E-state index contributed by atoms with van der Waals surface area (Å²) in [5, 5.41) is 9.89. The maximum atomic E-state index is 13.5. The van der Waals surface area contributed by atoms with Crippen LogP contribution in [-0.4, -0.2) is 91.1 Å². The lowest BCUT2D eigenvalue weighted by Crippen LogP contribution is -2.53. The molecule has 0 fully saturated rings. The number of nitrogens with zero attached hydrogens (tertiary/aromatic N) is 7. The number of hydrogen-bond donors (Lipinski definition) is 2. The molecule has 0 saturated carbocycles. The third kappa shape index (κ3) is 6.10. The van der Waals surface area contributed by atoms with Gasteiger partial charge in [0.25, 0.3) is 11.7 Å². The highest BCUT2D eigenvalue weighted by Crippen LogP contribution is 2.32. The number of nitrogens with one attached hydrogen (secondary N) is 2. The van der Waals surface area contributed by atoms with Crippen LogP contribution >= 0.6 is 0 Å². The van der Waals surface area contributed by atoms with Crippen LogP contribution in [0.1, 0.15) is 24.5 Å². The summed E-state index contributed by atoms with van der Waals surface area (Å²) in [6.45, 7) is 4.18. The van der Waals surface area contributed by atoms with Crippen molar-refractivity contribution >= 4 is 23.5 Å². The van der Waals surface area contributed by atoms with E-state index in [0.29, 0.717) is 30.4 Å². The van der Waals surface area contributed by atoms with E-state index in [0.717, 1.165) is 5.56 Å². The summed E-state index contributed by atoms with van der Waals surface area (Å²) < 4.78 is 14.8. The first-order valence-electron chi connectivity index (χ1n) is 13.2. The monoisotopic (exact) mass is 561 g/mol. The van der Waals surface area contributed by atoms with Gasteiger partial charge in [-0.25, -0.2) is 14.5 Å². The first-order valence-corrected chi connectivity index (χ1v) is 13.2. The summed E-state index contributed by atoms with van der Waals surface area (Å²) in [6, 6.07) is 6.31. The molecule has 4 aromatic rings. The Bertz CT molecular complexity index is 1530. The summed E-state index contributed by atoms with van der Waals surface area (Å²) in [5.41, 5.74) is 0.785. The Hall–Kier alpha value is -5.01. The van der Waals surface area contributed by atoms with Gasteiger partial charge in [-0.1, -0.05) is 13.8 Å². The average molecular weight is 562 g/mol. The lowest BCUT2D eigenvalue weighted by molar-refractivity contribution is -0.130. The largest absolute Gasteiger partial charge is 0.493 e. The second-order valence-electron chi connectivity index (χ2n) is 9.76. The number of aromatic nitrogens is 6. The van der Waals surface area contributed by atoms with E-state index in [1.165, 1.54) is 16.5 Å². The van der Waals surface area contributed by atoms with Crippen LogP contribution in [0, 0.1) is 5.92 Å². The van der Waals surface area contributed by atoms with Crippen molar-refractivity contribution in [3.05, 3.63) is 54.9 Å². The number of carbonyl (C=O) groups excluding carboxylic acids is 3. The van der Waals surface area contributed by atoms with E-state index >= 15 is 0 Å². The summed E-state index contributed by atoms with van der Waals surface area (Å²) in [4.78, 5) is 53.8. The van der Waals surface area contributed by atoms with E-state index in [2.05, 4.69) is 30.7 Å². The molecule has 0 radical (unpaired) electrons. The number of imidazole rings is 1. The average Bonchev–Trinajstić information content (AvgIpc) is 3.61. The zero-order valence-electron chi connectivity index (χ0n) is 23.0. The number of ether oxygens (including phenoxy) is 2. The smallest absolute Gasteiger partial charge is 0.294 e. The first-order chi connectivity index (χ1) is 19.8. The van der Waals surface area contributed by atoms with Gasteiger partial charge in [0.15, 0.2) is 11.5 Å². The van der Waals surface area contributed by atoms with Crippen molar-refractivity contribution < 1.29 is 23.9 Å². The van der Waals surface area contributed by atoms with Crippen LogP contribution in [0.4, 0.5) is 0 Å². The quantitative estimate of drug-likeness (QED) is 0.369. The Morgan fingerprint density at radius 1 is 1.15 bits per heavy atom. The molecule has 41 heavy (non-hydrogen) atoms. The molecule has 4 heterocycles. The molecule has 14 nitrogen and oxygen atoms in total. The van der Waals surface area contributed by atoms with E-state index in [1.807, 2.05) is 30.7 Å². The number of fused-ring (bicyclic) bond motifs is 5. The molecule has 0 unspecified atom stereocenters. The maximum absolute atomic E-state index is 13.5. The van der Waals surface area contributed by atoms with Gasteiger partial charge in [0.1, 0.15) is 25.0 Å². The van der Waals surface area contributed by atoms with Gasteiger partial charge in [-0.05, 0) is 30.2 Å². The second kappa shape index (κ2) is 12.0. The van der Waals surface area contributed by atoms with Gasteiger partial charge in [-0.2, -0.15) is 4.98 Å². The van der Waals surface area contributed by atoms with Crippen molar-refractivity contribution in [2.75, 3.05) is 33.4 Å². The Labute approximate surface area is 235 Å². The van der Waals surface area contributed by atoms with Gasteiger partial charge in [-0.3, -0.25) is 14.4 Å². The minimum Gasteiger partial charge on any atom is -0.493 e. The Balaban J connectivity index is 1.47.